The number of nitrogens with one attached hydrogen (secondary N) is 1. The summed E-state index contributed by atoms with van der Waals surface area (Å²) in [5.41, 5.74) is 1.25. The average Bonchev–Trinajstić information content (AvgIpc) is 2.46. The Kier molecular flexibility index (Phi) is 9.06. The second kappa shape index (κ2) is 10.8. The van der Waals surface area contributed by atoms with Crippen LogP contribution in [0, 0.1) is 0 Å². The summed E-state index contributed by atoms with van der Waals surface area (Å²) in [5, 5.41) is 3.42. The summed E-state index contributed by atoms with van der Waals surface area (Å²) in [6.45, 7) is 4.05. The van der Waals surface area contributed by atoms with Crippen molar-refractivity contribution in [1.82, 2.24) is 5.32 Å². The zero-order chi connectivity index (χ0) is 13.8. The van der Waals surface area contributed by atoms with E-state index in [0.717, 1.165) is 38.3 Å². The summed E-state index contributed by atoms with van der Waals surface area (Å²) in [6, 6.07) is 8.13. The van der Waals surface area contributed by atoms with Crippen LogP contribution in [0.1, 0.15) is 18.4 Å². The zero-order valence-electron chi connectivity index (χ0n) is 12.0. The van der Waals surface area contributed by atoms with Crippen LogP contribution in [0.2, 0.25) is 0 Å². The molecule has 0 radical (unpaired) electrons. The molecule has 0 saturated carbocycles. The lowest BCUT2D eigenvalue weighted by atomic mass is 10.2. The van der Waals surface area contributed by atoms with Gasteiger partial charge in [0.2, 0.25) is 0 Å². The molecule has 0 atom stereocenters. The molecule has 19 heavy (non-hydrogen) atoms. The van der Waals surface area contributed by atoms with Crippen molar-refractivity contribution in [2.24, 2.45) is 0 Å². The average molecular weight is 267 g/mol. The van der Waals surface area contributed by atoms with Gasteiger partial charge in [-0.2, -0.15) is 0 Å². The Labute approximate surface area is 116 Å². The first-order valence-corrected chi connectivity index (χ1v) is 6.77. The molecule has 0 heterocycles. The minimum absolute atomic E-state index is 0.675. The molecule has 4 heteroatoms. The monoisotopic (exact) mass is 267 g/mol. The third-order valence-corrected chi connectivity index (χ3v) is 2.79. The van der Waals surface area contributed by atoms with Gasteiger partial charge in [0.1, 0.15) is 5.75 Å². The second-order valence-corrected chi connectivity index (χ2v) is 4.34. The van der Waals surface area contributed by atoms with E-state index < -0.39 is 0 Å². The quantitative estimate of drug-likeness (QED) is 0.624. The van der Waals surface area contributed by atoms with Gasteiger partial charge < -0.3 is 19.5 Å². The predicted molar refractivity (Wildman–Crippen MR) is 76.6 cm³/mol. The first-order valence-electron chi connectivity index (χ1n) is 6.77. The third-order valence-electron chi connectivity index (χ3n) is 2.79. The largest absolute Gasteiger partial charge is 0.497 e. The number of hydrogen-bond donors (Lipinski definition) is 1. The minimum atomic E-state index is 0.675. The fraction of sp³-hybridized carbons (Fsp3) is 0.600. The lowest BCUT2D eigenvalue weighted by Crippen LogP contribution is -2.15. The van der Waals surface area contributed by atoms with Crippen LogP contribution in [0.5, 0.6) is 5.75 Å². The molecule has 0 bridgehead atoms. The number of hydrogen-bond acceptors (Lipinski definition) is 4. The molecule has 0 aliphatic rings. The van der Waals surface area contributed by atoms with Gasteiger partial charge in [-0.1, -0.05) is 12.1 Å². The molecule has 108 valence electrons. The van der Waals surface area contributed by atoms with E-state index in [4.69, 9.17) is 14.2 Å². The van der Waals surface area contributed by atoms with Crippen molar-refractivity contribution >= 4 is 0 Å². The van der Waals surface area contributed by atoms with Gasteiger partial charge >= 0.3 is 0 Å². The Morgan fingerprint density at radius 2 is 1.95 bits per heavy atom. The first kappa shape index (κ1) is 16.0. The van der Waals surface area contributed by atoms with E-state index in [1.54, 1.807) is 14.2 Å². The van der Waals surface area contributed by atoms with Crippen LogP contribution in [0.4, 0.5) is 0 Å². The van der Waals surface area contributed by atoms with Crippen molar-refractivity contribution in [3.05, 3.63) is 29.8 Å². The molecule has 1 aromatic carbocycles. The van der Waals surface area contributed by atoms with E-state index in [0.29, 0.717) is 13.2 Å². The van der Waals surface area contributed by atoms with Crippen LogP contribution in [0.25, 0.3) is 0 Å². The van der Waals surface area contributed by atoms with E-state index in [1.807, 2.05) is 12.1 Å². The third kappa shape index (κ3) is 7.82. The van der Waals surface area contributed by atoms with Gasteiger partial charge in [-0.3, -0.25) is 0 Å². The van der Waals surface area contributed by atoms with Gasteiger partial charge in [0.05, 0.1) is 20.3 Å². The summed E-state index contributed by atoms with van der Waals surface area (Å²) in [4.78, 5) is 0. The molecule has 0 aliphatic carbocycles. The lowest BCUT2D eigenvalue weighted by molar-refractivity contribution is 0.0688. The molecule has 0 spiro atoms. The van der Waals surface area contributed by atoms with Crippen molar-refractivity contribution in [3.8, 4) is 5.75 Å². The Morgan fingerprint density at radius 3 is 2.74 bits per heavy atom. The Balaban J connectivity index is 1.98. The van der Waals surface area contributed by atoms with E-state index in [1.165, 1.54) is 5.56 Å². The number of ether oxygens (including phenoxy) is 3. The van der Waals surface area contributed by atoms with Gasteiger partial charge in [0.25, 0.3) is 0 Å². The molecule has 1 aromatic rings. The van der Waals surface area contributed by atoms with Gasteiger partial charge in [-0.25, -0.2) is 0 Å². The van der Waals surface area contributed by atoms with Crippen molar-refractivity contribution in [3.63, 3.8) is 0 Å². The highest BCUT2D eigenvalue weighted by Gasteiger charge is 1.95. The van der Waals surface area contributed by atoms with Crippen LogP contribution >= 0.6 is 0 Å². The fourth-order valence-corrected chi connectivity index (χ4v) is 1.71. The molecular weight excluding hydrogens is 242 g/mol. The van der Waals surface area contributed by atoms with Crippen molar-refractivity contribution in [2.45, 2.75) is 19.4 Å². The Hall–Kier alpha value is -1.10. The number of unbranched alkanes of at least 4 members (excludes halogenated alkanes) is 1. The van der Waals surface area contributed by atoms with Crippen LogP contribution in [0.15, 0.2) is 24.3 Å². The van der Waals surface area contributed by atoms with E-state index in [-0.39, 0.29) is 0 Å². The van der Waals surface area contributed by atoms with Crippen LogP contribution in [-0.4, -0.2) is 40.6 Å². The van der Waals surface area contributed by atoms with E-state index in [2.05, 4.69) is 17.4 Å². The summed E-state index contributed by atoms with van der Waals surface area (Å²) < 4.78 is 15.5. The highest BCUT2D eigenvalue weighted by Crippen LogP contribution is 2.11. The molecule has 0 aromatic heterocycles. The number of methoxy groups -OCH3 is 2. The smallest absolute Gasteiger partial charge is 0.119 e. The maximum atomic E-state index is 5.40. The van der Waals surface area contributed by atoms with Crippen LogP contribution < -0.4 is 10.1 Å². The first-order chi connectivity index (χ1) is 9.36. The van der Waals surface area contributed by atoms with Crippen molar-refractivity contribution in [1.29, 1.82) is 0 Å². The summed E-state index contributed by atoms with van der Waals surface area (Å²) in [6.07, 6.45) is 2.20. The van der Waals surface area contributed by atoms with Crippen molar-refractivity contribution < 1.29 is 14.2 Å². The summed E-state index contributed by atoms with van der Waals surface area (Å²) in [5.74, 6) is 0.908. The fourth-order valence-electron chi connectivity index (χ4n) is 1.71. The molecule has 0 fully saturated rings. The number of benzene rings is 1. The molecule has 0 amide bonds. The van der Waals surface area contributed by atoms with Crippen LogP contribution in [0.3, 0.4) is 0 Å². The molecule has 1 rings (SSSR count). The summed E-state index contributed by atoms with van der Waals surface area (Å²) >= 11 is 0. The van der Waals surface area contributed by atoms with Crippen molar-refractivity contribution in [2.75, 3.05) is 40.6 Å². The molecule has 4 nitrogen and oxygen atoms in total. The van der Waals surface area contributed by atoms with Gasteiger partial charge in [0, 0.05) is 20.3 Å². The van der Waals surface area contributed by atoms with E-state index >= 15 is 0 Å². The highest BCUT2D eigenvalue weighted by atomic mass is 16.5. The molecule has 0 aliphatic heterocycles. The molecular formula is C15H25NO3. The predicted octanol–water partition coefficient (Wildman–Crippen LogP) is 2.23. The van der Waals surface area contributed by atoms with E-state index in [9.17, 15) is 0 Å². The van der Waals surface area contributed by atoms with Gasteiger partial charge in [-0.05, 0) is 37.1 Å². The molecule has 1 N–H and O–H groups in total. The maximum Gasteiger partial charge on any atom is 0.119 e. The van der Waals surface area contributed by atoms with Gasteiger partial charge in [0.15, 0.2) is 0 Å². The second-order valence-electron chi connectivity index (χ2n) is 4.34. The minimum Gasteiger partial charge on any atom is -0.497 e. The SMILES string of the molecule is COCCOCCCCNCc1cccc(OC)c1. The molecule has 0 unspecified atom stereocenters. The Morgan fingerprint density at radius 1 is 1.05 bits per heavy atom. The molecule has 0 saturated heterocycles. The number of rotatable bonds is 11. The van der Waals surface area contributed by atoms with Crippen LogP contribution in [-0.2, 0) is 16.0 Å². The standard InChI is InChI=1S/C15H25NO3/c1-17-10-11-19-9-4-3-8-16-13-14-6-5-7-15(12-14)18-2/h5-7,12,16H,3-4,8-11,13H2,1-2H3. The summed E-state index contributed by atoms with van der Waals surface area (Å²) in [7, 11) is 3.38. The topological polar surface area (TPSA) is 39.7 Å². The highest BCUT2D eigenvalue weighted by molar-refractivity contribution is 5.28. The normalized spacial score (nSPS) is 10.6. The lowest BCUT2D eigenvalue weighted by Gasteiger charge is -2.07. The Bertz CT molecular complexity index is 331. The van der Waals surface area contributed by atoms with Gasteiger partial charge in [-0.15, -0.1) is 0 Å². The maximum absolute atomic E-state index is 5.40. The zero-order valence-corrected chi connectivity index (χ0v) is 12.0.